The van der Waals surface area contributed by atoms with E-state index in [1.807, 2.05) is 6.07 Å². The number of methoxy groups -OCH3 is 1. The number of fused-ring (bicyclic) bond motifs is 2. The van der Waals surface area contributed by atoms with Crippen molar-refractivity contribution in [1.82, 2.24) is 9.80 Å². The largest absolute Gasteiger partial charge is 0.467 e. The molecule has 21 heavy (non-hydrogen) atoms. The van der Waals surface area contributed by atoms with E-state index in [2.05, 4.69) is 0 Å². The first-order chi connectivity index (χ1) is 10.1. The third-order valence-corrected chi connectivity index (χ3v) is 4.09. The van der Waals surface area contributed by atoms with Crippen LogP contribution in [0.15, 0.2) is 30.3 Å². The number of carbonyl (C=O) groups excluding carboxylic acids is 3. The van der Waals surface area contributed by atoms with Gasteiger partial charge in [-0.15, -0.1) is 0 Å². The molecule has 1 aromatic carbocycles. The van der Waals surface area contributed by atoms with E-state index in [0.717, 1.165) is 0 Å². The molecule has 1 unspecified atom stereocenters. The molecule has 2 aliphatic rings. The molecule has 2 atom stereocenters. The molecule has 2 aliphatic heterocycles. The fourth-order valence-electron chi connectivity index (χ4n) is 3.02. The molecule has 0 radical (unpaired) electrons. The van der Waals surface area contributed by atoms with Crippen molar-refractivity contribution in [1.29, 1.82) is 0 Å². The van der Waals surface area contributed by atoms with E-state index in [9.17, 15) is 14.4 Å². The van der Waals surface area contributed by atoms with Gasteiger partial charge < -0.3 is 9.64 Å². The first kappa shape index (κ1) is 13.6. The standard InChI is InChI=1S/C15H16N2O4/c1-21-14(19)12-8-7-11-9-16(12)15(20)17(11)13(18)10-5-3-2-4-6-10/h2-6,11-12H,7-9H2,1H3/t11-,12?/m1/s1. The highest BCUT2D eigenvalue weighted by Crippen LogP contribution is 2.31. The van der Waals surface area contributed by atoms with Crippen LogP contribution in [0, 0.1) is 0 Å². The van der Waals surface area contributed by atoms with Gasteiger partial charge in [-0.25, -0.2) is 9.59 Å². The average molecular weight is 288 g/mol. The lowest BCUT2D eigenvalue weighted by atomic mass is 10.0. The zero-order chi connectivity index (χ0) is 15.0. The van der Waals surface area contributed by atoms with E-state index >= 15 is 0 Å². The third kappa shape index (κ3) is 2.16. The molecule has 3 rings (SSSR count). The van der Waals surface area contributed by atoms with Crippen LogP contribution in [0.4, 0.5) is 4.79 Å². The van der Waals surface area contributed by atoms with Gasteiger partial charge in [-0.2, -0.15) is 0 Å². The van der Waals surface area contributed by atoms with Crippen LogP contribution in [-0.2, 0) is 9.53 Å². The molecule has 110 valence electrons. The van der Waals surface area contributed by atoms with Gasteiger partial charge in [-0.05, 0) is 25.0 Å². The Bertz CT molecular complexity index is 587. The summed E-state index contributed by atoms with van der Waals surface area (Å²) in [5.41, 5.74) is 0.481. The summed E-state index contributed by atoms with van der Waals surface area (Å²) in [6.07, 6.45) is 1.15. The van der Waals surface area contributed by atoms with Crippen LogP contribution in [0.3, 0.4) is 0 Å². The molecule has 6 nitrogen and oxygen atoms in total. The van der Waals surface area contributed by atoms with Crippen molar-refractivity contribution in [2.45, 2.75) is 24.9 Å². The molecule has 0 N–H and O–H groups in total. The first-order valence-corrected chi connectivity index (χ1v) is 6.90. The van der Waals surface area contributed by atoms with Crippen LogP contribution >= 0.6 is 0 Å². The van der Waals surface area contributed by atoms with E-state index in [1.54, 1.807) is 24.3 Å². The lowest BCUT2D eigenvalue weighted by Crippen LogP contribution is -2.45. The lowest BCUT2D eigenvalue weighted by Gasteiger charge is -2.28. The zero-order valence-electron chi connectivity index (χ0n) is 11.7. The Morgan fingerprint density at radius 2 is 1.90 bits per heavy atom. The van der Waals surface area contributed by atoms with Crippen molar-refractivity contribution >= 4 is 17.9 Å². The monoisotopic (exact) mass is 288 g/mol. The number of nitrogens with zero attached hydrogens (tertiary/aromatic N) is 2. The molecule has 2 bridgehead atoms. The van der Waals surface area contributed by atoms with Crippen LogP contribution < -0.4 is 0 Å². The van der Waals surface area contributed by atoms with Crippen molar-refractivity contribution in [2.24, 2.45) is 0 Å². The highest BCUT2D eigenvalue weighted by molar-refractivity contribution is 6.06. The molecule has 2 saturated heterocycles. The van der Waals surface area contributed by atoms with Gasteiger partial charge in [-0.1, -0.05) is 18.2 Å². The molecule has 3 amide bonds. The first-order valence-electron chi connectivity index (χ1n) is 6.90. The normalized spacial score (nSPS) is 24.1. The number of hydrogen-bond acceptors (Lipinski definition) is 4. The number of piperidine rings is 1. The SMILES string of the molecule is COC(=O)C1CC[C@@H]2CN1C(=O)N2C(=O)c1ccccc1. The van der Waals surface area contributed by atoms with Crippen LogP contribution in [0.1, 0.15) is 23.2 Å². The number of amides is 3. The van der Waals surface area contributed by atoms with E-state index in [-0.39, 0.29) is 11.9 Å². The number of esters is 1. The second-order valence-corrected chi connectivity index (χ2v) is 5.25. The number of rotatable bonds is 2. The Hall–Kier alpha value is -2.37. The van der Waals surface area contributed by atoms with Gasteiger partial charge in [0.2, 0.25) is 0 Å². The molecule has 2 heterocycles. The summed E-state index contributed by atoms with van der Waals surface area (Å²) in [6.45, 7) is 0.400. The zero-order valence-corrected chi connectivity index (χ0v) is 11.7. The second-order valence-electron chi connectivity index (χ2n) is 5.25. The Kier molecular flexibility index (Phi) is 3.37. The molecule has 0 saturated carbocycles. The Morgan fingerprint density at radius 3 is 2.57 bits per heavy atom. The third-order valence-electron chi connectivity index (χ3n) is 4.09. The van der Waals surface area contributed by atoms with Crippen LogP contribution in [0.2, 0.25) is 0 Å². The molecular formula is C15H16N2O4. The topological polar surface area (TPSA) is 66.9 Å². The van der Waals surface area contributed by atoms with Crippen molar-refractivity contribution in [3.63, 3.8) is 0 Å². The minimum Gasteiger partial charge on any atom is -0.467 e. The van der Waals surface area contributed by atoms with Gasteiger partial charge in [0.05, 0.1) is 13.2 Å². The molecule has 0 aliphatic carbocycles. The van der Waals surface area contributed by atoms with E-state index in [0.29, 0.717) is 24.9 Å². The fraction of sp³-hybridized carbons (Fsp3) is 0.400. The highest BCUT2D eigenvalue weighted by Gasteiger charge is 2.49. The minimum absolute atomic E-state index is 0.161. The second kappa shape index (κ2) is 5.20. The van der Waals surface area contributed by atoms with Gasteiger partial charge in [0, 0.05) is 12.1 Å². The van der Waals surface area contributed by atoms with Crippen molar-refractivity contribution in [2.75, 3.05) is 13.7 Å². The lowest BCUT2D eigenvalue weighted by molar-refractivity contribution is -0.146. The molecule has 1 aromatic rings. The minimum atomic E-state index is -0.577. The van der Waals surface area contributed by atoms with Gasteiger partial charge in [0.25, 0.3) is 5.91 Å². The molecule has 0 spiro atoms. The smallest absolute Gasteiger partial charge is 0.328 e. The van der Waals surface area contributed by atoms with E-state index < -0.39 is 18.0 Å². The maximum Gasteiger partial charge on any atom is 0.328 e. The summed E-state index contributed by atoms with van der Waals surface area (Å²) in [4.78, 5) is 39.4. The van der Waals surface area contributed by atoms with Crippen LogP contribution in [0.5, 0.6) is 0 Å². The summed E-state index contributed by atoms with van der Waals surface area (Å²) in [7, 11) is 1.31. The molecule has 0 aromatic heterocycles. The number of urea groups is 1. The maximum absolute atomic E-state index is 12.5. The summed E-state index contributed by atoms with van der Waals surface area (Å²) in [6, 6.07) is 7.57. The van der Waals surface area contributed by atoms with Gasteiger partial charge in [0.15, 0.2) is 0 Å². The summed E-state index contributed by atoms with van der Waals surface area (Å²) in [5.74, 6) is -0.727. The van der Waals surface area contributed by atoms with Gasteiger partial charge >= 0.3 is 12.0 Å². The van der Waals surface area contributed by atoms with Crippen molar-refractivity contribution in [3.05, 3.63) is 35.9 Å². The highest BCUT2D eigenvalue weighted by atomic mass is 16.5. The maximum atomic E-state index is 12.5. The van der Waals surface area contributed by atoms with Crippen molar-refractivity contribution < 1.29 is 19.1 Å². The number of benzene rings is 1. The van der Waals surface area contributed by atoms with Crippen LogP contribution in [-0.4, -0.2) is 53.4 Å². The Balaban J connectivity index is 1.85. The van der Waals surface area contributed by atoms with E-state index in [4.69, 9.17) is 4.74 Å². The fourth-order valence-corrected chi connectivity index (χ4v) is 3.02. The number of hydrogen-bond donors (Lipinski definition) is 0. The number of carbonyl (C=O) groups is 3. The molecule has 6 heteroatoms. The number of imide groups is 1. The number of ether oxygens (including phenoxy) is 1. The van der Waals surface area contributed by atoms with Gasteiger partial charge in [-0.3, -0.25) is 9.69 Å². The predicted octanol–water partition coefficient (Wildman–Crippen LogP) is 1.27. The van der Waals surface area contributed by atoms with Crippen molar-refractivity contribution in [3.8, 4) is 0 Å². The Morgan fingerprint density at radius 1 is 1.19 bits per heavy atom. The molecular weight excluding hydrogens is 272 g/mol. The Labute approximate surface area is 122 Å². The van der Waals surface area contributed by atoms with Crippen LogP contribution in [0.25, 0.3) is 0 Å². The van der Waals surface area contributed by atoms with Gasteiger partial charge in [0.1, 0.15) is 6.04 Å². The summed E-state index contributed by atoms with van der Waals surface area (Å²) >= 11 is 0. The summed E-state index contributed by atoms with van der Waals surface area (Å²) < 4.78 is 4.73. The average Bonchev–Trinajstić information content (AvgIpc) is 2.78. The van der Waals surface area contributed by atoms with E-state index in [1.165, 1.54) is 16.9 Å². The summed E-state index contributed by atoms with van der Waals surface area (Å²) in [5, 5.41) is 0. The molecule has 2 fully saturated rings. The predicted molar refractivity (Wildman–Crippen MR) is 73.5 cm³/mol. The quantitative estimate of drug-likeness (QED) is 0.769.